The quantitative estimate of drug-likeness (QED) is 0.877. The maximum atomic E-state index is 11.6. The van der Waals surface area contributed by atoms with E-state index in [0.29, 0.717) is 16.9 Å². The molecule has 2 unspecified atom stereocenters. The lowest BCUT2D eigenvalue weighted by Crippen LogP contribution is -2.09. The van der Waals surface area contributed by atoms with Crippen LogP contribution < -0.4 is 5.32 Å². The van der Waals surface area contributed by atoms with Gasteiger partial charge in [0.2, 0.25) is 0 Å². The molecule has 94 valence electrons. The van der Waals surface area contributed by atoms with Gasteiger partial charge in [-0.1, -0.05) is 25.5 Å². The van der Waals surface area contributed by atoms with Crippen LogP contribution in [0.2, 0.25) is 0 Å². The first-order chi connectivity index (χ1) is 8.02. The zero-order valence-corrected chi connectivity index (χ0v) is 11.1. The highest BCUT2D eigenvalue weighted by atomic mass is 32.2. The molecule has 1 aliphatic carbocycles. The molecule has 1 aromatic rings. The molecule has 0 bridgehead atoms. The summed E-state index contributed by atoms with van der Waals surface area (Å²) in [6.07, 6.45) is 4.82. The van der Waals surface area contributed by atoms with Crippen LogP contribution in [0.3, 0.4) is 0 Å². The van der Waals surface area contributed by atoms with E-state index in [9.17, 15) is 8.42 Å². The highest BCUT2D eigenvalue weighted by molar-refractivity contribution is 7.90. The fourth-order valence-electron chi connectivity index (χ4n) is 2.22. The minimum Gasteiger partial charge on any atom is -0.381 e. The SMILES string of the molecule is CCCC1CC1Nc1ccccc1S(C)(=O)=O. The smallest absolute Gasteiger partial charge is 0.177 e. The summed E-state index contributed by atoms with van der Waals surface area (Å²) in [7, 11) is -3.14. The van der Waals surface area contributed by atoms with Crippen molar-refractivity contribution in [1.29, 1.82) is 0 Å². The van der Waals surface area contributed by atoms with Gasteiger partial charge in [0.15, 0.2) is 9.84 Å². The number of sulfone groups is 1. The lowest BCUT2D eigenvalue weighted by atomic mass is 10.2. The van der Waals surface area contributed by atoms with Crippen LogP contribution in [-0.2, 0) is 9.84 Å². The van der Waals surface area contributed by atoms with E-state index in [0.717, 1.165) is 12.1 Å². The first-order valence-corrected chi connectivity index (χ1v) is 7.97. The summed E-state index contributed by atoms with van der Waals surface area (Å²) >= 11 is 0. The van der Waals surface area contributed by atoms with E-state index in [1.165, 1.54) is 19.1 Å². The zero-order valence-electron chi connectivity index (χ0n) is 10.3. The van der Waals surface area contributed by atoms with E-state index in [2.05, 4.69) is 12.2 Å². The van der Waals surface area contributed by atoms with Crippen LogP contribution in [0, 0.1) is 5.92 Å². The number of hydrogen-bond acceptors (Lipinski definition) is 3. The summed E-state index contributed by atoms with van der Waals surface area (Å²) in [5, 5.41) is 3.35. The van der Waals surface area contributed by atoms with Gasteiger partial charge >= 0.3 is 0 Å². The number of nitrogens with one attached hydrogen (secondary N) is 1. The number of anilines is 1. The van der Waals surface area contributed by atoms with Gasteiger partial charge in [0.25, 0.3) is 0 Å². The normalized spacial score (nSPS) is 23.4. The Morgan fingerprint density at radius 3 is 2.71 bits per heavy atom. The van der Waals surface area contributed by atoms with Crippen molar-refractivity contribution in [2.45, 2.75) is 37.1 Å². The second-order valence-electron chi connectivity index (χ2n) is 4.80. The van der Waals surface area contributed by atoms with Crippen LogP contribution >= 0.6 is 0 Å². The van der Waals surface area contributed by atoms with Gasteiger partial charge in [0, 0.05) is 12.3 Å². The van der Waals surface area contributed by atoms with Crippen molar-refractivity contribution >= 4 is 15.5 Å². The number of rotatable bonds is 5. The van der Waals surface area contributed by atoms with Crippen molar-refractivity contribution in [3.8, 4) is 0 Å². The van der Waals surface area contributed by atoms with Crippen molar-refractivity contribution in [1.82, 2.24) is 0 Å². The molecule has 0 saturated heterocycles. The Morgan fingerprint density at radius 2 is 2.06 bits per heavy atom. The second kappa shape index (κ2) is 4.69. The molecule has 2 rings (SSSR count). The molecular formula is C13H19NO2S. The molecule has 1 saturated carbocycles. The predicted molar refractivity (Wildman–Crippen MR) is 70.0 cm³/mol. The Kier molecular flexibility index (Phi) is 3.43. The Balaban J connectivity index is 2.12. The van der Waals surface area contributed by atoms with Crippen molar-refractivity contribution < 1.29 is 8.42 Å². The van der Waals surface area contributed by atoms with Crippen molar-refractivity contribution in [2.24, 2.45) is 5.92 Å². The summed E-state index contributed by atoms with van der Waals surface area (Å²) in [6.45, 7) is 2.18. The standard InChI is InChI=1S/C13H19NO2S/c1-3-6-10-9-12(10)14-11-7-4-5-8-13(11)17(2,15)16/h4-5,7-8,10,12,14H,3,6,9H2,1-2H3. The van der Waals surface area contributed by atoms with Crippen molar-refractivity contribution in [2.75, 3.05) is 11.6 Å². The Bertz CT molecular complexity index is 496. The van der Waals surface area contributed by atoms with E-state index < -0.39 is 9.84 Å². The number of benzene rings is 1. The van der Waals surface area contributed by atoms with Crippen molar-refractivity contribution in [3.63, 3.8) is 0 Å². The molecule has 0 heterocycles. The van der Waals surface area contributed by atoms with Crippen LogP contribution in [0.5, 0.6) is 0 Å². The van der Waals surface area contributed by atoms with Crippen molar-refractivity contribution in [3.05, 3.63) is 24.3 Å². The van der Waals surface area contributed by atoms with Crippen LogP contribution in [0.15, 0.2) is 29.2 Å². The molecule has 1 N–H and O–H groups in total. The molecule has 4 heteroatoms. The molecule has 0 aromatic heterocycles. The van der Waals surface area contributed by atoms with Gasteiger partial charge in [0.05, 0.1) is 10.6 Å². The highest BCUT2D eigenvalue weighted by Crippen LogP contribution is 2.38. The molecular weight excluding hydrogens is 234 g/mol. The number of hydrogen-bond donors (Lipinski definition) is 1. The van der Waals surface area contributed by atoms with Crippen LogP contribution in [0.4, 0.5) is 5.69 Å². The van der Waals surface area contributed by atoms with Crippen LogP contribution in [0.25, 0.3) is 0 Å². The van der Waals surface area contributed by atoms with E-state index in [-0.39, 0.29) is 0 Å². The Morgan fingerprint density at radius 1 is 1.35 bits per heavy atom. The van der Waals surface area contributed by atoms with Gasteiger partial charge in [-0.3, -0.25) is 0 Å². The Hall–Kier alpha value is -1.03. The molecule has 1 aromatic carbocycles. The molecule has 1 aliphatic rings. The summed E-state index contributed by atoms with van der Waals surface area (Å²) in [5.41, 5.74) is 0.749. The van der Waals surface area contributed by atoms with Crippen LogP contribution in [-0.4, -0.2) is 20.7 Å². The fraction of sp³-hybridized carbons (Fsp3) is 0.538. The first-order valence-electron chi connectivity index (χ1n) is 6.08. The number of para-hydroxylation sites is 1. The molecule has 17 heavy (non-hydrogen) atoms. The lowest BCUT2D eigenvalue weighted by molar-refractivity contribution is 0.602. The minimum atomic E-state index is -3.14. The molecule has 3 nitrogen and oxygen atoms in total. The molecule has 0 aliphatic heterocycles. The Labute approximate surface area is 103 Å². The van der Waals surface area contributed by atoms with Gasteiger partial charge in [0.1, 0.15) is 0 Å². The average molecular weight is 253 g/mol. The predicted octanol–water partition coefficient (Wildman–Crippen LogP) is 2.69. The zero-order chi connectivity index (χ0) is 12.5. The van der Waals surface area contributed by atoms with E-state index in [4.69, 9.17) is 0 Å². The lowest BCUT2D eigenvalue weighted by Gasteiger charge is -2.10. The molecule has 0 radical (unpaired) electrons. The first kappa shape index (κ1) is 12.4. The second-order valence-corrected chi connectivity index (χ2v) is 6.79. The van der Waals surface area contributed by atoms with E-state index >= 15 is 0 Å². The summed E-state index contributed by atoms with van der Waals surface area (Å²) in [5.74, 6) is 0.715. The highest BCUT2D eigenvalue weighted by Gasteiger charge is 2.36. The molecule has 0 amide bonds. The topological polar surface area (TPSA) is 46.2 Å². The van der Waals surface area contributed by atoms with Gasteiger partial charge in [-0.15, -0.1) is 0 Å². The largest absolute Gasteiger partial charge is 0.381 e. The van der Waals surface area contributed by atoms with Gasteiger partial charge < -0.3 is 5.32 Å². The molecule has 2 atom stereocenters. The van der Waals surface area contributed by atoms with Gasteiger partial charge in [-0.25, -0.2) is 8.42 Å². The van der Waals surface area contributed by atoms with E-state index in [1.54, 1.807) is 12.1 Å². The maximum Gasteiger partial charge on any atom is 0.177 e. The monoisotopic (exact) mass is 253 g/mol. The van der Waals surface area contributed by atoms with Crippen LogP contribution in [0.1, 0.15) is 26.2 Å². The van der Waals surface area contributed by atoms with E-state index in [1.807, 2.05) is 12.1 Å². The van der Waals surface area contributed by atoms with Gasteiger partial charge in [-0.05, 0) is 30.9 Å². The third kappa shape index (κ3) is 3.00. The third-order valence-electron chi connectivity index (χ3n) is 3.21. The average Bonchev–Trinajstić information content (AvgIpc) is 2.96. The molecule has 0 spiro atoms. The third-order valence-corrected chi connectivity index (χ3v) is 4.36. The minimum absolute atomic E-state index is 0.405. The summed E-state index contributed by atoms with van der Waals surface area (Å²) < 4.78 is 23.2. The fourth-order valence-corrected chi connectivity index (χ4v) is 3.08. The molecule has 1 fully saturated rings. The maximum absolute atomic E-state index is 11.6. The summed E-state index contributed by atoms with van der Waals surface area (Å²) in [4.78, 5) is 0.405. The summed E-state index contributed by atoms with van der Waals surface area (Å²) in [6, 6.07) is 7.59. The van der Waals surface area contributed by atoms with Gasteiger partial charge in [-0.2, -0.15) is 0 Å².